The van der Waals surface area contributed by atoms with Gasteiger partial charge in [-0.05, 0) is 83.5 Å². The smallest absolute Gasteiger partial charge is 0.361 e. The number of rotatable bonds is 44. The van der Waals surface area contributed by atoms with E-state index in [0.29, 0.717) is 17.4 Å². The highest BCUT2D eigenvalue weighted by atomic mass is 16.7. The molecule has 2 unspecified atom stereocenters. The molecule has 9 nitrogen and oxygen atoms in total. The largest absolute Gasteiger partial charge is 0.477 e. The minimum absolute atomic E-state index is 0.179. The predicted molar refractivity (Wildman–Crippen MR) is 262 cm³/mol. The lowest BCUT2D eigenvalue weighted by atomic mass is 10.0. The Kier molecular flexibility index (Phi) is 42.5. The average Bonchev–Trinajstić information content (AvgIpc) is 3.24. The van der Waals surface area contributed by atoms with Gasteiger partial charge in [-0.2, -0.15) is 0 Å². The summed E-state index contributed by atoms with van der Waals surface area (Å²) in [6.45, 7) is 4.61. The van der Waals surface area contributed by atoms with Crippen LogP contribution in [-0.2, 0) is 33.3 Å². The predicted octanol–water partition coefficient (Wildman–Crippen LogP) is 13.7. The highest BCUT2D eigenvalue weighted by Gasteiger charge is 2.25. The Morgan fingerprint density at radius 2 is 0.857 bits per heavy atom. The molecule has 0 aliphatic heterocycles. The Hall–Kier alpha value is -3.53. The van der Waals surface area contributed by atoms with Crippen LogP contribution in [0.4, 0.5) is 0 Å². The molecule has 0 heterocycles. The van der Waals surface area contributed by atoms with Gasteiger partial charge in [-0.25, -0.2) is 4.79 Å². The number of likely N-dealkylation sites (N-methyl/N-ethyl adjacent to an activating group) is 1. The third-order valence-corrected chi connectivity index (χ3v) is 10.1. The van der Waals surface area contributed by atoms with Crippen LogP contribution in [0.3, 0.4) is 0 Å². The highest BCUT2D eigenvalue weighted by molar-refractivity contribution is 5.71. The Morgan fingerprint density at radius 1 is 0.476 bits per heavy atom. The Morgan fingerprint density at radius 3 is 1.27 bits per heavy atom. The van der Waals surface area contributed by atoms with Gasteiger partial charge in [0.25, 0.3) is 6.29 Å². The number of hydrogen-bond acceptors (Lipinski definition) is 7. The molecule has 0 amide bonds. The van der Waals surface area contributed by atoms with Crippen molar-refractivity contribution >= 4 is 17.9 Å². The van der Waals surface area contributed by atoms with Gasteiger partial charge in [0.05, 0.1) is 34.4 Å². The van der Waals surface area contributed by atoms with Crippen LogP contribution in [0.5, 0.6) is 0 Å². The molecule has 2 atom stereocenters. The van der Waals surface area contributed by atoms with Crippen LogP contribution in [0.2, 0.25) is 0 Å². The topological polar surface area (TPSA) is 108 Å². The second-order valence-electron chi connectivity index (χ2n) is 17.4. The molecule has 0 aromatic rings. The monoisotopic (exact) mass is 883 g/mol. The molecule has 0 aliphatic rings. The van der Waals surface area contributed by atoms with Crippen LogP contribution >= 0.6 is 0 Å². The standard InChI is InChI=1S/C54H91NO8/c1-6-8-10-12-14-16-18-20-22-23-24-25-26-27-28-29-31-33-35-37-39-41-43-45-52(57)63-50(49-62-54(53(58)59)60-47-46-55(3,4)5)48-61-51(56)44-42-40-38-36-34-32-30-21-19-17-15-13-11-9-7-2/h8-11,14-17,20-22,24-25,30,50,54H,6-7,12-13,18-19,23,26-29,31-49H2,1-5H3/p+1/b10-8-,11-9-,16-14-,17-15-,22-20-,25-24-,30-21-. The first-order chi connectivity index (χ1) is 30.6. The van der Waals surface area contributed by atoms with Crippen molar-refractivity contribution in [3.63, 3.8) is 0 Å². The number of carbonyl (C=O) groups is 3. The van der Waals surface area contributed by atoms with Crippen molar-refractivity contribution in [3.05, 3.63) is 85.1 Å². The van der Waals surface area contributed by atoms with Gasteiger partial charge < -0.3 is 28.5 Å². The summed E-state index contributed by atoms with van der Waals surface area (Å²) in [5.41, 5.74) is 0. The fraction of sp³-hybridized carbons (Fsp3) is 0.685. The quantitative estimate of drug-likeness (QED) is 0.0212. The lowest BCUT2D eigenvalue weighted by Gasteiger charge is -2.25. The van der Waals surface area contributed by atoms with Crippen LogP contribution in [0.25, 0.3) is 0 Å². The molecule has 0 saturated heterocycles. The number of aliphatic carboxylic acids is 1. The van der Waals surface area contributed by atoms with Crippen molar-refractivity contribution in [2.24, 2.45) is 0 Å². The maximum Gasteiger partial charge on any atom is 0.361 e. The number of hydrogen-bond donors (Lipinski definition) is 1. The number of carboxylic acid groups (broad SMARTS) is 1. The molecule has 0 fully saturated rings. The van der Waals surface area contributed by atoms with Gasteiger partial charge in [-0.3, -0.25) is 9.59 Å². The molecule has 0 spiro atoms. The van der Waals surface area contributed by atoms with Gasteiger partial charge in [-0.15, -0.1) is 0 Å². The van der Waals surface area contributed by atoms with E-state index in [1.54, 1.807) is 0 Å². The van der Waals surface area contributed by atoms with E-state index in [-0.39, 0.29) is 38.6 Å². The van der Waals surface area contributed by atoms with E-state index in [2.05, 4.69) is 98.9 Å². The van der Waals surface area contributed by atoms with Crippen molar-refractivity contribution in [2.45, 2.75) is 193 Å². The normalized spacial score (nSPS) is 13.6. The molecule has 0 aromatic carbocycles. The second-order valence-corrected chi connectivity index (χ2v) is 17.4. The third kappa shape index (κ3) is 46.3. The summed E-state index contributed by atoms with van der Waals surface area (Å²) in [6.07, 6.45) is 55.0. The van der Waals surface area contributed by atoms with E-state index in [1.165, 1.54) is 38.5 Å². The lowest BCUT2D eigenvalue weighted by molar-refractivity contribution is -0.870. The average molecular weight is 883 g/mol. The molecule has 0 aliphatic carbocycles. The first kappa shape index (κ1) is 59.5. The van der Waals surface area contributed by atoms with E-state index in [1.807, 2.05) is 21.1 Å². The molecule has 1 N–H and O–H groups in total. The molecule has 63 heavy (non-hydrogen) atoms. The number of nitrogens with zero attached hydrogens (tertiary/aromatic N) is 1. The number of quaternary nitrogens is 1. The Balaban J connectivity index is 4.38. The molecule has 9 heteroatoms. The molecule has 0 aromatic heterocycles. The number of esters is 2. The number of ether oxygens (including phenoxy) is 4. The molecule has 0 rings (SSSR count). The fourth-order valence-electron chi connectivity index (χ4n) is 6.37. The fourth-order valence-corrected chi connectivity index (χ4v) is 6.37. The summed E-state index contributed by atoms with van der Waals surface area (Å²) < 4.78 is 22.8. The zero-order valence-corrected chi connectivity index (χ0v) is 40.7. The number of allylic oxidation sites excluding steroid dienone is 14. The zero-order chi connectivity index (χ0) is 46.3. The lowest BCUT2D eigenvalue weighted by Crippen LogP contribution is -2.40. The summed E-state index contributed by atoms with van der Waals surface area (Å²) in [4.78, 5) is 37.2. The minimum Gasteiger partial charge on any atom is -0.477 e. The van der Waals surface area contributed by atoms with Gasteiger partial charge in [0, 0.05) is 12.8 Å². The van der Waals surface area contributed by atoms with E-state index in [4.69, 9.17) is 18.9 Å². The van der Waals surface area contributed by atoms with E-state index in [0.717, 1.165) is 109 Å². The molecule has 360 valence electrons. The van der Waals surface area contributed by atoms with Crippen molar-refractivity contribution < 1.29 is 42.9 Å². The van der Waals surface area contributed by atoms with Crippen molar-refractivity contribution in [1.82, 2.24) is 0 Å². The SMILES string of the molecule is CC/C=C\C/C=C\C/C=C\C/C=C\CCCCCCCCCCCCC(=O)OC(COC(=O)CCCCCCC/C=C\C/C=C\C/C=C\CC)COC(OCC[N+](C)(C)C)C(=O)O. The van der Waals surface area contributed by atoms with E-state index in [9.17, 15) is 19.5 Å². The first-order valence-electron chi connectivity index (χ1n) is 24.8. The van der Waals surface area contributed by atoms with E-state index >= 15 is 0 Å². The molecular weight excluding hydrogens is 791 g/mol. The molecule has 0 radical (unpaired) electrons. The zero-order valence-electron chi connectivity index (χ0n) is 40.7. The number of carboxylic acids is 1. The minimum atomic E-state index is -1.52. The molecular formula is C54H92NO8+. The summed E-state index contributed by atoms with van der Waals surface area (Å²) >= 11 is 0. The van der Waals surface area contributed by atoms with Crippen LogP contribution in [0.15, 0.2) is 85.1 Å². The highest BCUT2D eigenvalue weighted by Crippen LogP contribution is 2.14. The summed E-state index contributed by atoms with van der Waals surface area (Å²) in [6, 6.07) is 0. The van der Waals surface area contributed by atoms with Gasteiger partial charge in [0.1, 0.15) is 13.2 Å². The molecule has 0 bridgehead atoms. The van der Waals surface area contributed by atoms with E-state index < -0.39 is 24.3 Å². The summed E-state index contributed by atoms with van der Waals surface area (Å²) in [7, 11) is 5.94. The second kappa shape index (κ2) is 45.1. The third-order valence-electron chi connectivity index (χ3n) is 10.1. The first-order valence-corrected chi connectivity index (χ1v) is 24.8. The van der Waals surface area contributed by atoms with Crippen molar-refractivity contribution in [3.8, 4) is 0 Å². The van der Waals surface area contributed by atoms with Gasteiger partial charge in [-0.1, -0.05) is 170 Å². The molecule has 0 saturated carbocycles. The maximum absolute atomic E-state index is 12.8. The summed E-state index contributed by atoms with van der Waals surface area (Å²) in [5, 5.41) is 9.66. The summed E-state index contributed by atoms with van der Waals surface area (Å²) in [5.74, 6) is -2.04. The van der Waals surface area contributed by atoms with Gasteiger partial charge >= 0.3 is 17.9 Å². The number of unbranched alkanes of at least 4 members (excludes halogenated alkanes) is 15. The Bertz CT molecular complexity index is 1300. The van der Waals surface area contributed by atoms with Crippen LogP contribution < -0.4 is 0 Å². The van der Waals surface area contributed by atoms with Crippen molar-refractivity contribution in [1.29, 1.82) is 0 Å². The van der Waals surface area contributed by atoms with Crippen LogP contribution in [-0.4, -0.2) is 87.4 Å². The number of carbonyl (C=O) groups excluding carboxylic acids is 2. The maximum atomic E-state index is 12.8. The van der Waals surface area contributed by atoms with Crippen LogP contribution in [0, 0.1) is 0 Å². The Labute approximate surface area is 385 Å². The van der Waals surface area contributed by atoms with Gasteiger partial charge in [0.15, 0.2) is 6.10 Å². The van der Waals surface area contributed by atoms with Crippen molar-refractivity contribution in [2.75, 3.05) is 47.5 Å². The van der Waals surface area contributed by atoms with Gasteiger partial charge in [0.2, 0.25) is 0 Å². The van der Waals surface area contributed by atoms with Crippen LogP contribution in [0.1, 0.15) is 181 Å².